The summed E-state index contributed by atoms with van der Waals surface area (Å²) in [5.41, 5.74) is -0.245. The lowest BCUT2D eigenvalue weighted by Gasteiger charge is -2.42. The topological polar surface area (TPSA) is 119 Å². The lowest BCUT2D eigenvalue weighted by atomic mass is 9.60. The summed E-state index contributed by atoms with van der Waals surface area (Å²) in [6.45, 7) is 0.00484. The Hall–Kier alpha value is -2.74. The molecule has 1 heterocycles. The number of carboxylic acids is 1. The van der Waals surface area contributed by atoms with Crippen LogP contribution in [-0.4, -0.2) is 55.4 Å². The molecule has 8 heteroatoms. The Labute approximate surface area is 149 Å². The zero-order chi connectivity index (χ0) is 18.9. The van der Waals surface area contributed by atoms with Crippen LogP contribution in [0.25, 0.3) is 0 Å². The number of carboxylic acid groups (broad SMARTS) is 1. The van der Waals surface area contributed by atoms with E-state index in [2.05, 4.69) is 5.32 Å². The molecule has 0 radical (unpaired) electrons. The van der Waals surface area contributed by atoms with E-state index in [1.165, 1.54) is 7.11 Å². The number of hydrogen-bond donors (Lipinski definition) is 2. The van der Waals surface area contributed by atoms with Gasteiger partial charge in [-0.05, 0) is 24.5 Å². The normalized spacial score (nSPS) is 21.2. The number of amides is 1. The van der Waals surface area contributed by atoms with Gasteiger partial charge in [-0.15, -0.1) is 0 Å². The highest BCUT2D eigenvalue weighted by molar-refractivity contribution is 6.29. The van der Waals surface area contributed by atoms with Gasteiger partial charge in [0.05, 0.1) is 18.1 Å². The second-order valence-electron chi connectivity index (χ2n) is 6.35. The number of carbonyl (C=O) groups excluding carboxylic acids is 3. The molecular weight excluding hydrogens is 342 g/mol. The number of hydrogen-bond acceptors (Lipinski definition) is 6. The molecule has 0 saturated carbocycles. The molecule has 1 atom stereocenters. The summed E-state index contributed by atoms with van der Waals surface area (Å²) in [6, 6.07) is 5.02. The molecule has 26 heavy (non-hydrogen) atoms. The first-order chi connectivity index (χ1) is 12.4. The van der Waals surface area contributed by atoms with E-state index in [9.17, 15) is 19.2 Å². The minimum absolute atomic E-state index is 0.215. The third kappa shape index (κ3) is 2.76. The average molecular weight is 361 g/mol. The number of nitrogens with one attached hydrogen (secondary N) is 1. The molecule has 1 amide bonds. The summed E-state index contributed by atoms with van der Waals surface area (Å²) in [4.78, 5) is 49.4. The standard InChI is InChI=1S/C18H19NO7/c1-25-11-4-2-3-10-13(11)15(22)14(17(24)19-9-12(20)21)16(23)18(10)5-7-26-8-6-18/h2-4,14H,5-9H2,1H3,(H,19,24)(H,20,21). The minimum Gasteiger partial charge on any atom is -0.496 e. The first-order valence-corrected chi connectivity index (χ1v) is 8.25. The number of methoxy groups -OCH3 is 1. The predicted octanol–water partition coefficient (Wildman–Crippen LogP) is 0.326. The number of Topliss-reactive ketones (excluding diaryl/α,β-unsaturated/α-hetero) is 2. The molecular formula is C18H19NO7. The molecule has 2 aliphatic rings. The second kappa shape index (κ2) is 6.87. The molecule has 1 aliphatic heterocycles. The number of fused-ring (bicyclic) bond motifs is 2. The number of rotatable bonds is 4. The van der Waals surface area contributed by atoms with Gasteiger partial charge in [0.2, 0.25) is 5.91 Å². The van der Waals surface area contributed by atoms with E-state index in [1.807, 2.05) is 0 Å². The highest BCUT2D eigenvalue weighted by Gasteiger charge is 2.55. The highest BCUT2D eigenvalue weighted by Crippen LogP contribution is 2.46. The van der Waals surface area contributed by atoms with Crippen LogP contribution >= 0.6 is 0 Å². The summed E-state index contributed by atoms with van der Waals surface area (Å²) in [6.07, 6.45) is 0.698. The van der Waals surface area contributed by atoms with Crippen LogP contribution in [0.3, 0.4) is 0 Å². The highest BCUT2D eigenvalue weighted by atomic mass is 16.5. The number of benzene rings is 1. The zero-order valence-electron chi connectivity index (χ0n) is 14.2. The van der Waals surface area contributed by atoms with E-state index >= 15 is 0 Å². The monoisotopic (exact) mass is 361 g/mol. The lowest BCUT2D eigenvalue weighted by molar-refractivity contribution is -0.142. The van der Waals surface area contributed by atoms with Crippen molar-refractivity contribution in [3.63, 3.8) is 0 Å². The Morgan fingerprint density at radius 3 is 2.62 bits per heavy atom. The van der Waals surface area contributed by atoms with E-state index in [0.29, 0.717) is 37.4 Å². The van der Waals surface area contributed by atoms with Crippen molar-refractivity contribution in [1.82, 2.24) is 5.32 Å². The molecule has 1 saturated heterocycles. The number of ether oxygens (including phenoxy) is 2. The molecule has 0 bridgehead atoms. The van der Waals surface area contributed by atoms with E-state index in [1.54, 1.807) is 18.2 Å². The Morgan fingerprint density at radius 2 is 2.00 bits per heavy atom. The van der Waals surface area contributed by atoms with Crippen LogP contribution in [0.15, 0.2) is 18.2 Å². The molecule has 1 aromatic carbocycles. The van der Waals surface area contributed by atoms with Gasteiger partial charge in [-0.2, -0.15) is 0 Å². The van der Waals surface area contributed by atoms with Gasteiger partial charge in [0.15, 0.2) is 17.5 Å². The molecule has 3 rings (SSSR count). The molecule has 8 nitrogen and oxygen atoms in total. The fourth-order valence-corrected chi connectivity index (χ4v) is 3.77. The zero-order valence-corrected chi connectivity index (χ0v) is 14.2. The summed E-state index contributed by atoms with van der Waals surface area (Å²) in [5.74, 6) is -4.62. The quantitative estimate of drug-likeness (QED) is 0.742. The van der Waals surface area contributed by atoms with Crippen LogP contribution in [0.1, 0.15) is 28.8 Å². The first-order valence-electron chi connectivity index (χ1n) is 8.25. The molecule has 1 aliphatic carbocycles. The Bertz CT molecular complexity index is 780. The fraction of sp³-hybridized carbons (Fsp3) is 0.444. The molecule has 1 fully saturated rings. The summed E-state index contributed by atoms with van der Waals surface area (Å²) < 4.78 is 10.7. The Balaban J connectivity index is 2.12. The maximum absolute atomic E-state index is 13.2. The van der Waals surface area contributed by atoms with E-state index in [-0.39, 0.29) is 5.56 Å². The number of aliphatic carboxylic acids is 1. The third-order valence-corrected chi connectivity index (χ3v) is 5.03. The second-order valence-corrected chi connectivity index (χ2v) is 6.35. The van der Waals surface area contributed by atoms with Gasteiger partial charge in [-0.3, -0.25) is 19.2 Å². The van der Waals surface area contributed by atoms with Crippen molar-refractivity contribution in [2.75, 3.05) is 26.9 Å². The van der Waals surface area contributed by atoms with Gasteiger partial charge in [0.1, 0.15) is 12.3 Å². The van der Waals surface area contributed by atoms with Crippen LogP contribution in [0, 0.1) is 5.92 Å². The maximum Gasteiger partial charge on any atom is 0.322 e. The average Bonchev–Trinajstić information content (AvgIpc) is 2.65. The van der Waals surface area contributed by atoms with Crippen LogP contribution < -0.4 is 10.1 Å². The van der Waals surface area contributed by atoms with E-state index in [4.69, 9.17) is 14.6 Å². The van der Waals surface area contributed by atoms with Crippen LogP contribution in [-0.2, 0) is 24.5 Å². The number of carbonyl (C=O) groups is 4. The summed E-state index contributed by atoms with van der Waals surface area (Å²) in [5, 5.41) is 10.9. The van der Waals surface area contributed by atoms with Crippen LogP contribution in [0.4, 0.5) is 0 Å². The van der Waals surface area contributed by atoms with Crippen LogP contribution in [0.2, 0.25) is 0 Å². The summed E-state index contributed by atoms with van der Waals surface area (Å²) >= 11 is 0. The van der Waals surface area contributed by atoms with E-state index < -0.39 is 41.3 Å². The SMILES string of the molecule is COc1cccc2c1C(=O)C(C(=O)NCC(=O)O)C(=O)C21CCOCC1. The minimum atomic E-state index is -1.59. The lowest BCUT2D eigenvalue weighted by Crippen LogP contribution is -2.55. The molecule has 1 spiro atoms. The van der Waals surface area contributed by atoms with Gasteiger partial charge >= 0.3 is 5.97 Å². The van der Waals surface area contributed by atoms with Gasteiger partial charge in [-0.1, -0.05) is 12.1 Å². The molecule has 138 valence electrons. The summed E-state index contributed by atoms with van der Waals surface area (Å²) in [7, 11) is 1.41. The molecule has 1 unspecified atom stereocenters. The predicted molar refractivity (Wildman–Crippen MR) is 88.2 cm³/mol. The van der Waals surface area contributed by atoms with Crippen molar-refractivity contribution in [1.29, 1.82) is 0 Å². The fourth-order valence-electron chi connectivity index (χ4n) is 3.77. The number of ketones is 2. The first kappa shape index (κ1) is 18.1. The Morgan fingerprint density at radius 1 is 1.31 bits per heavy atom. The van der Waals surface area contributed by atoms with Crippen molar-refractivity contribution in [2.45, 2.75) is 18.3 Å². The van der Waals surface area contributed by atoms with Crippen molar-refractivity contribution in [3.8, 4) is 5.75 Å². The van der Waals surface area contributed by atoms with Gasteiger partial charge < -0.3 is 19.9 Å². The molecule has 0 aromatic heterocycles. The largest absolute Gasteiger partial charge is 0.496 e. The smallest absolute Gasteiger partial charge is 0.322 e. The van der Waals surface area contributed by atoms with Crippen molar-refractivity contribution >= 4 is 23.4 Å². The van der Waals surface area contributed by atoms with Crippen LogP contribution in [0.5, 0.6) is 5.75 Å². The van der Waals surface area contributed by atoms with Crippen molar-refractivity contribution in [3.05, 3.63) is 29.3 Å². The van der Waals surface area contributed by atoms with Gasteiger partial charge in [0, 0.05) is 13.2 Å². The van der Waals surface area contributed by atoms with Gasteiger partial charge in [-0.25, -0.2) is 0 Å². The molecule has 1 aromatic rings. The molecule has 2 N–H and O–H groups in total. The van der Waals surface area contributed by atoms with Crippen molar-refractivity contribution in [2.24, 2.45) is 5.92 Å². The van der Waals surface area contributed by atoms with E-state index in [0.717, 1.165) is 0 Å². The third-order valence-electron chi connectivity index (χ3n) is 5.03. The van der Waals surface area contributed by atoms with Crippen molar-refractivity contribution < 1.29 is 33.8 Å². The van der Waals surface area contributed by atoms with Gasteiger partial charge in [0.25, 0.3) is 0 Å². The maximum atomic E-state index is 13.2. The Kier molecular flexibility index (Phi) is 4.78.